The second-order valence-corrected chi connectivity index (χ2v) is 3.89. The van der Waals surface area contributed by atoms with Gasteiger partial charge in [0.25, 0.3) is 0 Å². The molecule has 0 spiro atoms. The zero-order valence-corrected chi connectivity index (χ0v) is 9.82. The summed E-state index contributed by atoms with van der Waals surface area (Å²) >= 11 is 3.07. The van der Waals surface area contributed by atoms with Crippen molar-refractivity contribution in [3.63, 3.8) is 0 Å². The van der Waals surface area contributed by atoms with E-state index in [1.54, 1.807) is 6.07 Å². The molecule has 0 N–H and O–H groups in total. The summed E-state index contributed by atoms with van der Waals surface area (Å²) in [6.45, 7) is 0. The van der Waals surface area contributed by atoms with Crippen molar-refractivity contribution in [3.8, 4) is 11.8 Å². The number of hydrogen-bond acceptors (Lipinski definition) is 2. The van der Waals surface area contributed by atoms with Crippen LogP contribution in [0.2, 0.25) is 0 Å². The Morgan fingerprint density at radius 1 is 1.44 bits per heavy atom. The first kappa shape index (κ1) is 12.8. The molecule has 0 saturated heterocycles. The number of hydrogen-bond donors (Lipinski definition) is 0. The van der Waals surface area contributed by atoms with Crippen molar-refractivity contribution in [1.82, 2.24) is 0 Å². The Bertz CT molecular complexity index is 437. The molecule has 0 radical (unpaired) electrons. The molecule has 86 valence electrons. The molecule has 0 amide bonds. The van der Waals surface area contributed by atoms with Gasteiger partial charge in [-0.1, -0.05) is 15.9 Å². The Morgan fingerprint density at radius 3 is 2.50 bits per heavy atom. The van der Waals surface area contributed by atoms with Gasteiger partial charge in [0.2, 0.25) is 0 Å². The fourth-order valence-electron chi connectivity index (χ4n) is 1.34. The zero-order chi connectivity index (χ0) is 12.3. The third kappa shape index (κ3) is 2.67. The number of nitrogens with zero attached hydrogens (tertiary/aromatic N) is 1. The molecule has 1 aromatic carbocycles. The molecule has 16 heavy (non-hydrogen) atoms. The minimum Gasteiger partial charge on any atom is -0.496 e. The Kier molecular flexibility index (Phi) is 3.81. The van der Waals surface area contributed by atoms with E-state index >= 15 is 0 Å². The number of halogens is 4. The molecule has 0 unspecified atom stereocenters. The predicted octanol–water partition coefficient (Wildman–Crippen LogP) is 3.54. The molecule has 0 fully saturated rings. The Hall–Kier alpha value is -1.22. The summed E-state index contributed by atoms with van der Waals surface area (Å²) in [5.74, 6) is -0.285. The van der Waals surface area contributed by atoms with Gasteiger partial charge in [-0.05, 0) is 17.7 Å². The smallest absolute Gasteiger partial charge is 0.420 e. The standard InChI is InChI=1S/C10H7BrF3NO/c1-16-8-5-7(11)4-6(2-3-15)9(8)10(12,13)14/h4-5H,2H2,1H3. The van der Waals surface area contributed by atoms with E-state index in [9.17, 15) is 13.2 Å². The van der Waals surface area contributed by atoms with E-state index in [1.165, 1.54) is 12.1 Å². The molecule has 1 rings (SSSR count). The summed E-state index contributed by atoms with van der Waals surface area (Å²) in [6.07, 6.45) is -4.84. The second kappa shape index (κ2) is 4.74. The number of ether oxygens (including phenoxy) is 1. The normalized spacial score (nSPS) is 11.0. The Morgan fingerprint density at radius 2 is 2.06 bits per heavy atom. The highest BCUT2D eigenvalue weighted by Gasteiger charge is 2.37. The molecule has 0 aliphatic heterocycles. The van der Waals surface area contributed by atoms with Gasteiger partial charge >= 0.3 is 6.18 Å². The van der Waals surface area contributed by atoms with Gasteiger partial charge in [0.05, 0.1) is 19.6 Å². The molecular formula is C10H7BrF3NO. The molecule has 0 bridgehead atoms. The maximum Gasteiger partial charge on any atom is 0.420 e. The van der Waals surface area contributed by atoms with Crippen LogP contribution in [-0.2, 0) is 12.6 Å². The third-order valence-electron chi connectivity index (χ3n) is 1.92. The molecule has 0 aromatic heterocycles. The van der Waals surface area contributed by atoms with Crippen LogP contribution < -0.4 is 4.74 Å². The van der Waals surface area contributed by atoms with Gasteiger partial charge in [-0.2, -0.15) is 18.4 Å². The molecule has 0 heterocycles. The predicted molar refractivity (Wildman–Crippen MR) is 55.0 cm³/mol. The quantitative estimate of drug-likeness (QED) is 0.835. The van der Waals surface area contributed by atoms with Gasteiger partial charge in [0.1, 0.15) is 11.3 Å². The van der Waals surface area contributed by atoms with Crippen LogP contribution in [-0.4, -0.2) is 7.11 Å². The molecule has 1 aromatic rings. The lowest BCUT2D eigenvalue weighted by atomic mass is 10.0. The van der Waals surface area contributed by atoms with Gasteiger partial charge < -0.3 is 4.74 Å². The minimum absolute atomic E-state index is 0.0961. The number of alkyl halides is 3. The SMILES string of the molecule is COc1cc(Br)cc(CC#N)c1C(F)(F)F. The van der Waals surface area contributed by atoms with Crippen LogP contribution in [0.3, 0.4) is 0 Å². The summed E-state index contributed by atoms with van der Waals surface area (Å²) < 4.78 is 43.4. The van der Waals surface area contributed by atoms with Crippen LogP contribution in [0.25, 0.3) is 0 Å². The highest BCUT2D eigenvalue weighted by atomic mass is 79.9. The summed E-state index contributed by atoms with van der Waals surface area (Å²) in [7, 11) is 1.16. The lowest BCUT2D eigenvalue weighted by molar-refractivity contribution is -0.139. The molecule has 0 aliphatic carbocycles. The van der Waals surface area contributed by atoms with Crippen molar-refractivity contribution in [2.75, 3.05) is 7.11 Å². The fraction of sp³-hybridized carbons (Fsp3) is 0.300. The van der Waals surface area contributed by atoms with Crippen LogP contribution in [0.15, 0.2) is 16.6 Å². The maximum absolute atomic E-state index is 12.7. The van der Waals surface area contributed by atoms with Crippen LogP contribution >= 0.6 is 15.9 Å². The largest absolute Gasteiger partial charge is 0.496 e. The summed E-state index contributed by atoms with van der Waals surface area (Å²) in [5, 5.41) is 8.49. The number of benzene rings is 1. The van der Waals surface area contributed by atoms with Crippen molar-refractivity contribution in [2.45, 2.75) is 12.6 Å². The van der Waals surface area contributed by atoms with Crippen molar-refractivity contribution < 1.29 is 17.9 Å². The monoisotopic (exact) mass is 293 g/mol. The molecule has 6 heteroatoms. The van der Waals surface area contributed by atoms with E-state index in [-0.39, 0.29) is 17.7 Å². The maximum atomic E-state index is 12.7. The minimum atomic E-state index is -4.53. The molecule has 0 atom stereocenters. The van der Waals surface area contributed by atoms with E-state index < -0.39 is 11.7 Å². The topological polar surface area (TPSA) is 33.0 Å². The molecule has 0 aliphatic rings. The average Bonchev–Trinajstić information content (AvgIpc) is 2.15. The number of nitriles is 1. The summed E-state index contributed by atoms with van der Waals surface area (Å²) in [6, 6.07) is 4.20. The van der Waals surface area contributed by atoms with Crippen molar-refractivity contribution in [3.05, 3.63) is 27.7 Å². The molecule has 2 nitrogen and oxygen atoms in total. The van der Waals surface area contributed by atoms with Gasteiger partial charge in [0.15, 0.2) is 0 Å². The van der Waals surface area contributed by atoms with Gasteiger partial charge in [-0.25, -0.2) is 0 Å². The third-order valence-corrected chi connectivity index (χ3v) is 2.38. The number of rotatable bonds is 2. The number of methoxy groups -OCH3 is 1. The van der Waals surface area contributed by atoms with E-state index in [1.807, 2.05) is 0 Å². The van der Waals surface area contributed by atoms with Crippen molar-refractivity contribution >= 4 is 15.9 Å². The Labute approximate surface area is 98.8 Å². The zero-order valence-electron chi connectivity index (χ0n) is 8.23. The lowest BCUT2D eigenvalue weighted by Crippen LogP contribution is -2.11. The van der Waals surface area contributed by atoms with Gasteiger partial charge in [0, 0.05) is 4.47 Å². The first-order valence-electron chi connectivity index (χ1n) is 4.20. The van der Waals surface area contributed by atoms with Crippen LogP contribution in [0, 0.1) is 11.3 Å². The van der Waals surface area contributed by atoms with E-state index in [0.29, 0.717) is 4.47 Å². The lowest BCUT2D eigenvalue weighted by Gasteiger charge is -2.15. The van der Waals surface area contributed by atoms with E-state index in [0.717, 1.165) is 7.11 Å². The second-order valence-electron chi connectivity index (χ2n) is 2.97. The average molecular weight is 294 g/mol. The van der Waals surface area contributed by atoms with Crippen LogP contribution in [0.5, 0.6) is 5.75 Å². The van der Waals surface area contributed by atoms with E-state index in [2.05, 4.69) is 20.7 Å². The van der Waals surface area contributed by atoms with Crippen molar-refractivity contribution in [2.24, 2.45) is 0 Å². The van der Waals surface area contributed by atoms with Crippen LogP contribution in [0.1, 0.15) is 11.1 Å². The molecular weight excluding hydrogens is 287 g/mol. The van der Waals surface area contributed by atoms with Gasteiger partial charge in [-0.15, -0.1) is 0 Å². The van der Waals surface area contributed by atoms with Gasteiger partial charge in [-0.3, -0.25) is 0 Å². The highest BCUT2D eigenvalue weighted by molar-refractivity contribution is 9.10. The van der Waals surface area contributed by atoms with Crippen LogP contribution in [0.4, 0.5) is 13.2 Å². The first-order chi connectivity index (χ1) is 7.40. The summed E-state index contributed by atoms with van der Waals surface area (Å²) in [5.41, 5.74) is -0.985. The highest BCUT2D eigenvalue weighted by Crippen LogP contribution is 2.40. The Balaban J connectivity index is 3.46. The van der Waals surface area contributed by atoms with Crippen molar-refractivity contribution in [1.29, 1.82) is 5.26 Å². The first-order valence-corrected chi connectivity index (χ1v) is 5.00. The summed E-state index contributed by atoms with van der Waals surface area (Å²) in [4.78, 5) is 0. The fourth-order valence-corrected chi connectivity index (χ4v) is 1.83. The molecule has 0 saturated carbocycles. The van der Waals surface area contributed by atoms with E-state index in [4.69, 9.17) is 5.26 Å².